The van der Waals surface area contributed by atoms with Crippen LogP contribution in [0.5, 0.6) is 0 Å². The summed E-state index contributed by atoms with van der Waals surface area (Å²) < 4.78 is 5.00. The molecule has 1 N–H and O–H groups in total. The van der Waals surface area contributed by atoms with Crippen LogP contribution >= 0.6 is 0 Å². The van der Waals surface area contributed by atoms with Crippen molar-refractivity contribution in [1.29, 1.82) is 0 Å². The topological polar surface area (TPSA) is 67.8 Å². The molecular formula is C10H18N2O3. The molecule has 0 heterocycles. The molecule has 5 heteroatoms. The summed E-state index contributed by atoms with van der Waals surface area (Å²) in [6.07, 6.45) is 1.53. The van der Waals surface area contributed by atoms with Crippen LogP contribution in [0.25, 0.3) is 0 Å². The number of ether oxygens (including phenoxy) is 1. The lowest BCUT2D eigenvalue weighted by atomic mass is 10.2. The van der Waals surface area contributed by atoms with E-state index < -0.39 is 11.7 Å². The van der Waals surface area contributed by atoms with Crippen molar-refractivity contribution in [2.24, 2.45) is 4.99 Å². The number of hydrogen-bond acceptors (Lipinski definition) is 3. The van der Waals surface area contributed by atoms with E-state index in [0.717, 1.165) is 0 Å². The second-order valence-electron chi connectivity index (χ2n) is 4.05. The minimum absolute atomic E-state index is 0.243. The summed E-state index contributed by atoms with van der Waals surface area (Å²) in [5, 5.41) is 2.55. The number of nitrogens with one attached hydrogen (secondary N) is 1. The summed E-state index contributed by atoms with van der Waals surface area (Å²) in [7, 11) is 0. The lowest BCUT2D eigenvalue weighted by Gasteiger charge is -2.19. The molecule has 0 aliphatic rings. The van der Waals surface area contributed by atoms with Gasteiger partial charge in [0.25, 0.3) is 0 Å². The molecule has 0 saturated heterocycles. The molecule has 0 bridgehead atoms. The van der Waals surface area contributed by atoms with Gasteiger partial charge in [-0.25, -0.2) is 9.79 Å². The lowest BCUT2D eigenvalue weighted by molar-refractivity contribution is -0.115. The zero-order chi connectivity index (χ0) is 11.9. The number of carbonyl (C=O) groups is 2. The minimum atomic E-state index is -0.489. The van der Waals surface area contributed by atoms with Gasteiger partial charge in [-0.3, -0.25) is 4.79 Å². The van der Waals surface area contributed by atoms with Crippen molar-refractivity contribution in [2.45, 2.75) is 39.7 Å². The van der Waals surface area contributed by atoms with Crippen LogP contribution in [-0.2, 0) is 9.53 Å². The Hall–Kier alpha value is -1.39. The Morgan fingerprint density at radius 2 is 2.00 bits per heavy atom. The van der Waals surface area contributed by atoms with Gasteiger partial charge in [0.05, 0.1) is 0 Å². The second-order valence-corrected chi connectivity index (χ2v) is 4.05. The first-order chi connectivity index (χ1) is 6.81. The molecule has 0 atom stereocenters. The maximum atomic E-state index is 11.1. The number of carbonyl (C=O) groups excluding carboxylic acids is 2. The summed E-state index contributed by atoms with van der Waals surface area (Å²) in [5.41, 5.74) is -0.489. The van der Waals surface area contributed by atoms with E-state index in [1.165, 1.54) is 13.1 Å². The van der Waals surface area contributed by atoms with Gasteiger partial charge in [-0.15, -0.1) is 0 Å². The highest BCUT2D eigenvalue weighted by molar-refractivity contribution is 5.83. The molecule has 5 nitrogen and oxygen atoms in total. The monoisotopic (exact) mass is 214 g/mol. The number of aliphatic imine (C=N–C) groups is 1. The maximum absolute atomic E-state index is 11.1. The summed E-state index contributed by atoms with van der Waals surface area (Å²) in [5.74, 6) is -0.243. The molecule has 0 aliphatic heterocycles. The van der Waals surface area contributed by atoms with Gasteiger partial charge in [0, 0.05) is 26.1 Å². The van der Waals surface area contributed by atoms with Gasteiger partial charge in [0.15, 0.2) is 0 Å². The van der Waals surface area contributed by atoms with Crippen LogP contribution in [0, 0.1) is 0 Å². The molecule has 0 aliphatic carbocycles. The molecule has 0 rings (SSSR count). The van der Waals surface area contributed by atoms with Gasteiger partial charge < -0.3 is 10.1 Å². The van der Waals surface area contributed by atoms with Crippen LogP contribution in [0.15, 0.2) is 4.99 Å². The zero-order valence-electron chi connectivity index (χ0n) is 9.66. The molecule has 0 aromatic heterocycles. The van der Waals surface area contributed by atoms with E-state index in [0.29, 0.717) is 13.0 Å². The molecule has 0 saturated carbocycles. The smallest absolute Gasteiger partial charge is 0.407 e. The lowest BCUT2D eigenvalue weighted by Crippen LogP contribution is -2.33. The Labute approximate surface area is 89.9 Å². The molecule has 2 amide bonds. The molecule has 0 radical (unpaired) electrons. The van der Waals surface area contributed by atoms with Crippen molar-refractivity contribution in [2.75, 3.05) is 6.54 Å². The first-order valence-electron chi connectivity index (χ1n) is 4.81. The van der Waals surface area contributed by atoms with Crippen molar-refractivity contribution in [1.82, 2.24) is 5.32 Å². The maximum Gasteiger partial charge on any atom is 0.407 e. The van der Waals surface area contributed by atoms with Gasteiger partial charge in [0.1, 0.15) is 5.60 Å². The van der Waals surface area contributed by atoms with E-state index in [4.69, 9.17) is 4.74 Å². The van der Waals surface area contributed by atoms with Gasteiger partial charge in [0.2, 0.25) is 5.91 Å². The molecule has 0 aromatic rings. The van der Waals surface area contributed by atoms with E-state index in [1.54, 1.807) is 20.8 Å². The molecule has 86 valence electrons. The van der Waals surface area contributed by atoms with Crippen LogP contribution in [0.1, 0.15) is 34.1 Å². The average Bonchev–Trinajstić information content (AvgIpc) is 1.99. The van der Waals surface area contributed by atoms with Gasteiger partial charge in [-0.05, 0) is 20.8 Å². The average molecular weight is 214 g/mol. The molecule has 0 spiro atoms. The fourth-order valence-corrected chi connectivity index (χ4v) is 0.746. The van der Waals surface area contributed by atoms with Gasteiger partial charge in [-0.2, -0.15) is 0 Å². The van der Waals surface area contributed by atoms with Crippen molar-refractivity contribution >= 4 is 18.2 Å². The highest BCUT2D eigenvalue weighted by Gasteiger charge is 2.15. The first-order valence-corrected chi connectivity index (χ1v) is 4.81. The van der Waals surface area contributed by atoms with Crippen molar-refractivity contribution in [3.8, 4) is 0 Å². The number of hydrogen-bond donors (Lipinski definition) is 1. The first kappa shape index (κ1) is 13.6. The highest BCUT2D eigenvalue weighted by atomic mass is 16.6. The molecule has 0 fully saturated rings. The van der Waals surface area contributed by atoms with Crippen LogP contribution in [-0.4, -0.2) is 30.4 Å². The Bertz CT molecular complexity index is 254. The third-order valence-electron chi connectivity index (χ3n) is 1.21. The van der Waals surface area contributed by atoms with Gasteiger partial charge >= 0.3 is 6.09 Å². The molecular weight excluding hydrogens is 196 g/mol. The Balaban J connectivity index is 3.61. The Kier molecular flexibility index (Phi) is 5.59. The number of amides is 2. The molecule has 0 aromatic carbocycles. The van der Waals surface area contributed by atoms with Crippen LogP contribution in [0.4, 0.5) is 4.79 Å². The van der Waals surface area contributed by atoms with E-state index in [9.17, 15) is 9.59 Å². The Morgan fingerprint density at radius 1 is 1.40 bits per heavy atom. The van der Waals surface area contributed by atoms with Crippen LogP contribution in [0.2, 0.25) is 0 Å². The standard InChI is InChI=1S/C10H18N2O3/c1-8(13)11-6-5-7-12-9(14)15-10(2,3)4/h6H,5,7H2,1-4H3,(H,12,14). The van der Waals surface area contributed by atoms with E-state index in [2.05, 4.69) is 10.3 Å². The predicted octanol–water partition coefficient (Wildman–Crippen LogP) is 1.52. The highest BCUT2D eigenvalue weighted by Crippen LogP contribution is 2.05. The van der Waals surface area contributed by atoms with Crippen molar-refractivity contribution < 1.29 is 14.3 Å². The normalized spacial score (nSPS) is 11.5. The second kappa shape index (κ2) is 6.16. The third-order valence-corrected chi connectivity index (χ3v) is 1.21. The summed E-state index contributed by atoms with van der Waals surface area (Å²) >= 11 is 0. The fourth-order valence-electron chi connectivity index (χ4n) is 0.746. The van der Waals surface area contributed by atoms with Crippen LogP contribution < -0.4 is 5.32 Å². The zero-order valence-corrected chi connectivity index (χ0v) is 9.66. The summed E-state index contributed by atoms with van der Waals surface area (Å²) in [6.45, 7) is 7.17. The quantitative estimate of drug-likeness (QED) is 0.572. The van der Waals surface area contributed by atoms with E-state index in [-0.39, 0.29) is 5.91 Å². The summed E-state index contributed by atoms with van der Waals surface area (Å²) in [4.78, 5) is 25.1. The Morgan fingerprint density at radius 3 is 2.47 bits per heavy atom. The SMILES string of the molecule is CC(=O)N=CCCNC(=O)OC(C)(C)C. The van der Waals surface area contributed by atoms with E-state index >= 15 is 0 Å². The molecule has 0 unspecified atom stereocenters. The van der Waals surface area contributed by atoms with Crippen molar-refractivity contribution in [3.63, 3.8) is 0 Å². The number of nitrogens with zero attached hydrogens (tertiary/aromatic N) is 1. The largest absolute Gasteiger partial charge is 0.444 e. The summed E-state index contributed by atoms with van der Waals surface area (Å²) in [6, 6.07) is 0. The van der Waals surface area contributed by atoms with Crippen molar-refractivity contribution in [3.05, 3.63) is 0 Å². The third kappa shape index (κ3) is 10.5. The van der Waals surface area contributed by atoms with Gasteiger partial charge in [-0.1, -0.05) is 0 Å². The minimum Gasteiger partial charge on any atom is -0.444 e. The van der Waals surface area contributed by atoms with E-state index in [1.807, 2.05) is 0 Å². The molecule has 15 heavy (non-hydrogen) atoms. The van der Waals surface area contributed by atoms with Crippen LogP contribution in [0.3, 0.4) is 0 Å². The predicted molar refractivity (Wildman–Crippen MR) is 58.0 cm³/mol. The fraction of sp³-hybridized carbons (Fsp3) is 0.700. The number of rotatable bonds is 3. The number of alkyl carbamates (subject to hydrolysis) is 1.